The number of amides is 3. The van der Waals surface area contributed by atoms with E-state index in [1.165, 1.54) is 21.1 Å². The maximum atomic E-state index is 12.2. The van der Waals surface area contributed by atoms with Crippen LogP contribution in [0.3, 0.4) is 0 Å². The molecule has 0 bridgehead atoms. The summed E-state index contributed by atoms with van der Waals surface area (Å²) in [4.78, 5) is 23.4. The van der Waals surface area contributed by atoms with Gasteiger partial charge in [-0.1, -0.05) is 6.07 Å². The number of hydrogen-bond donors (Lipinski definition) is 4. The number of aryl methyl sites for hydroxylation is 1. The van der Waals surface area contributed by atoms with Crippen LogP contribution in [0.5, 0.6) is 11.5 Å². The fourth-order valence-corrected chi connectivity index (χ4v) is 2.60. The number of nitrogens with one attached hydrogen (secondary N) is 3. The summed E-state index contributed by atoms with van der Waals surface area (Å²) < 4.78 is 10.4. The summed E-state index contributed by atoms with van der Waals surface area (Å²) in [6.45, 7) is 3.22. The minimum Gasteiger partial charge on any atom is -0.497 e. The van der Waals surface area contributed by atoms with Crippen molar-refractivity contribution in [3.8, 4) is 11.5 Å². The van der Waals surface area contributed by atoms with E-state index in [0.29, 0.717) is 28.4 Å². The Labute approximate surface area is 163 Å². The molecule has 0 aliphatic heterocycles. The Bertz CT molecular complexity index is 854. The fourth-order valence-electron chi connectivity index (χ4n) is 2.60. The first kappa shape index (κ1) is 21.0. The zero-order valence-electron chi connectivity index (χ0n) is 16.3. The topological polar surface area (TPSA) is 109 Å². The van der Waals surface area contributed by atoms with E-state index in [4.69, 9.17) is 9.47 Å². The quantitative estimate of drug-likeness (QED) is 0.584. The molecular formula is C20H25N3O5. The molecule has 0 spiro atoms. The molecule has 1 atom stereocenters. The van der Waals surface area contributed by atoms with Crippen LogP contribution in [0.2, 0.25) is 0 Å². The lowest BCUT2D eigenvalue weighted by Crippen LogP contribution is -2.32. The molecule has 0 aliphatic carbocycles. The highest BCUT2D eigenvalue weighted by molar-refractivity contribution is 5.93. The highest BCUT2D eigenvalue weighted by Crippen LogP contribution is 2.29. The van der Waals surface area contributed by atoms with E-state index < -0.39 is 12.1 Å². The molecule has 28 heavy (non-hydrogen) atoms. The molecule has 0 aromatic heterocycles. The van der Waals surface area contributed by atoms with Crippen molar-refractivity contribution in [1.29, 1.82) is 0 Å². The van der Waals surface area contributed by atoms with E-state index in [-0.39, 0.29) is 12.5 Å². The molecule has 0 saturated heterocycles. The van der Waals surface area contributed by atoms with Crippen molar-refractivity contribution in [3.63, 3.8) is 0 Å². The van der Waals surface area contributed by atoms with Crippen LogP contribution in [0.25, 0.3) is 0 Å². The molecule has 3 amide bonds. The lowest BCUT2D eigenvalue weighted by molar-refractivity contribution is -0.114. The summed E-state index contributed by atoms with van der Waals surface area (Å²) in [6, 6.07) is 9.79. The number of ether oxygens (including phenoxy) is 2. The second-order valence-electron chi connectivity index (χ2n) is 6.17. The van der Waals surface area contributed by atoms with Crippen LogP contribution >= 0.6 is 0 Å². The predicted molar refractivity (Wildman–Crippen MR) is 107 cm³/mol. The Kier molecular flexibility index (Phi) is 7.22. The van der Waals surface area contributed by atoms with E-state index >= 15 is 0 Å². The van der Waals surface area contributed by atoms with Crippen LogP contribution in [0, 0.1) is 6.92 Å². The molecule has 1 unspecified atom stereocenters. The zero-order valence-corrected chi connectivity index (χ0v) is 16.3. The second-order valence-corrected chi connectivity index (χ2v) is 6.17. The van der Waals surface area contributed by atoms with Crippen LogP contribution in [-0.2, 0) is 4.79 Å². The SMILES string of the molecule is COc1ccc(OC)c(C(O)CNC(=O)Nc2cc(NC(C)=O)ccc2C)c1. The van der Waals surface area contributed by atoms with Gasteiger partial charge in [0.2, 0.25) is 5.91 Å². The van der Waals surface area contributed by atoms with Crippen molar-refractivity contribution in [2.75, 3.05) is 31.4 Å². The van der Waals surface area contributed by atoms with E-state index in [2.05, 4.69) is 16.0 Å². The van der Waals surface area contributed by atoms with Crippen LogP contribution < -0.4 is 25.4 Å². The minimum atomic E-state index is -0.984. The van der Waals surface area contributed by atoms with Crippen LogP contribution in [-0.4, -0.2) is 37.8 Å². The van der Waals surface area contributed by atoms with Crippen molar-refractivity contribution in [2.24, 2.45) is 0 Å². The molecule has 0 fully saturated rings. The third-order valence-corrected chi connectivity index (χ3v) is 4.06. The Hall–Kier alpha value is -3.26. The summed E-state index contributed by atoms with van der Waals surface area (Å²) in [6.07, 6.45) is -0.984. The van der Waals surface area contributed by atoms with Crippen molar-refractivity contribution >= 4 is 23.3 Å². The monoisotopic (exact) mass is 387 g/mol. The largest absolute Gasteiger partial charge is 0.497 e. The van der Waals surface area contributed by atoms with Gasteiger partial charge < -0.3 is 30.5 Å². The smallest absolute Gasteiger partial charge is 0.319 e. The number of aliphatic hydroxyl groups is 1. The van der Waals surface area contributed by atoms with Gasteiger partial charge in [-0.15, -0.1) is 0 Å². The normalized spacial score (nSPS) is 11.3. The molecule has 0 heterocycles. The third kappa shape index (κ3) is 5.62. The summed E-state index contributed by atoms with van der Waals surface area (Å²) in [5.74, 6) is 0.869. The van der Waals surface area contributed by atoms with Gasteiger partial charge in [-0.2, -0.15) is 0 Å². The van der Waals surface area contributed by atoms with Crippen LogP contribution in [0.1, 0.15) is 24.2 Å². The highest BCUT2D eigenvalue weighted by atomic mass is 16.5. The maximum absolute atomic E-state index is 12.2. The average Bonchev–Trinajstić information content (AvgIpc) is 2.67. The van der Waals surface area contributed by atoms with Gasteiger partial charge in [0, 0.05) is 30.4 Å². The van der Waals surface area contributed by atoms with Gasteiger partial charge in [0.1, 0.15) is 17.6 Å². The molecule has 150 valence electrons. The van der Waals surface area contributed by atoms with Gasteiger partial charge >= 0.3 is 6.03 Å². The molecule has 2 rings (SSSR count). The number of rotatable bonds is 7. The average molecular weight is 387 g/mol. The number of urea groups is 1. The number of aliphatic hydroxyl groups excluding tert-OH is 1. The summed E-state index contributed by atoms with van der Waals surface area (Å²) >= 11 is 0. The predicted octanol–water partition coefficient (Wildman–Crippen LogP) is 2.83. The maximum Gasteiger partial charge on any atom is 0.319 e. The number of methoxy groups -OCH3 is 2. The Balaban J connectivity index is 2.02. The molecule has 8 heteroatoms. The number of carbonyl (C=O) groups is 2. The van der Waals surface area contributed by atoms with Crippen LogP contribution in [0.4, 0.5) is 16.2 Å². The highest BCUT2D eigenvalue weighted by Gasteiger charge is 2.16. The molecule has 2 aromatic carbocycles. The van der Waals surface area contributed by atoms with E-state index in [9.17, 15) is 14.7 Å². The van der Waals surface area contributed by atoms with Crippen LogP contribution in [0.15, 0.2) is 36.4 Å². The number of anilines is 2. The zero-order chi connectivity index (χ0) is 20.7. The minimum absolute atomic E-state index is 0.0280. The van der Waals surface area contributed by atoms with Gasteiger partial charge in [0.05, 0.1) is 14.2 Å². The van der Waals surface area contributed by atoms with Crippen molar-refractivity contribution in [2.45, 2.75) is 20.0 Å². The van der Waals surface area contributed by atoms with Crippen molar-refractivity contribution < 1.29 is 24.2 Å². The third-order valence-electron chi connectivity index (χ3n) is 4.06. The van der Waals surface area contributed by atoms with E-state index in [1.54, 1.807) is 36.4 Å². The van der Waals surface area contributed by atoms with Gasteiger partial charge in [-0.25, -0.2) is 4.79 Å². The first-order chi connectivity index (χ1) is 13.3. The van der Waals surface area contributed by atoms with Gasteiger partial charge in [0.25, 0.3) is 0 Å². The first-order valence-electron chi connectivity index (χ1n) is 8.67. The van der Waals surface area contributed by atoms with E-state index in [1.807, 2.05) is 6.92 Å². The van der Waals surface area contributed by atoms with Gasteiger partial charge in [-0.05, 0) is 42.8 Å². The summed E-state index contributed by atoms with van der Waals surface area (Å²) in [5.41, 5.74) is 2.47. The fraction of sp³-hybridized carbons (Fsp3) is 0.300. The van der Waals surface area contributed by atoms with Gasteiger partial charge in [0.15, 0.2) is 0 Å². The molecule has 4 N–H and O–H groups in total. The Morgan fingerprint density at radius 3 is 2.46 bits per heavy atom. The molecule has 8 nitrogen and oxygen atoms in total. The number of benzene rings is 2. The van der Waals surface area contributed by atoms with Gasteiger partial charge in [-0.3, -0.25) is 4.79 Å². The lowest BCUT2D eigenvalue weighted by Gasteiger charge is -2.17. The number of carbonyl (C=O) groups excluding carboxylic acids is 2. The second kappa shape index (κ2) is 9.61. The van der Waals surface area contributed by atoms with E-state index in [0.717, 1.165) is 5.56 Å². The first-order valence-corrected chi connectivity index (χ1v) is 8.67. The number of hydrogen-bond acceptors (Lipinski definition) is 5. The summed E-state index contributed by atoms with van der Waals surface area (Å²) in [7, 11) is 3.03. The Morgan fingerprint density at radius 1 is 1.07 bits per heavy atom. The molecule has 0 saturated carbocycles. The molecular weight excluding hydrogens is 362 g/mol. The molecule has 0 aliphatic rings. The molecule has 0 radical (unpaired) electrons. The lowest BCUT2D eigenvalue weighted by atomic mass is 10.1. The summed E-state index contributed by atoms with van der Waals surface area (Å²) in [5, 5.41) is 18.4. The standard InChI is InChI=1S/C20H25N3O5/c1-12-5-6-14(22-13(2)24)9-17(12)23-20(26)21-11-18(25)16-10-15(27-3)7-8-19(16)28-4/h5-10,18,25H,11H2,1-4H3,(H,22,24)(H2,21,23,26). The van der Waals surface area contributed by atoms with Crippen molar-refractivity contribution in [1.82, 2.24) is 5.32 Å². The Morgan fingerprint density at radius 2 is 1.82 bits per heavy atom. The van der Waals surface area contributed by atoms with Crippen molar-refractivity contribution in [3.05, 3.63) is 47.5 Å². The molecule has 2 aromatic rings.